The fourth-order valence-electron chi connectivity index (χ4n) is 1.90. The van der Waals surface area contributed by atoms with E-state index in [0.717, 1.165) is 38.5 Å². The Bertz CT molecular complexity index is 295. The standard InChI is InChI=1S/C14H26O4.C4H10O2.C2H6O2/c1-3-17-13(15)11-9-7-5-6-8-10-12-14(16)18-4-2;1-4(6)2-3-5;3-1-2-4/h3-12H2,1-2H3;4-6H,2-3H2,1H3;3-4H,1-2H2. The largest absolute Gasteiger partial charge is 0.466 e. The van der Waals surface area contributed by atoms with E-state index >= 15 is 0 Å². The van der Waals surface area contributed by atoms with Gasteiger partial charge in [-0.25, -0.2) is 0 Å². The summed E-state index contributed by atoms with van der Waals surface area (Å²) < 4.78 is 9.69. The fourth-order valence-corrected chi connectivity index (χ4v) is 1.90. The third-order valence-electron chi connectivity index (χ3n) is 3.27. The Morgan fingerprint density at radius 2 is 1.07 bits per heavy atom. The second-order valence-corrected chi connectivity index (χ2v) is 6.04. The number of aliphatic hydroxyl groups excluding tert-OH is 4. The SMILES string of the molecule is CC(O)CCO.CCOC(=O)CCCCCCCCC(=O)OCC.OCCO. The number of hydrogen-bond donors (Lipinski definition) is 4. The molecule has 0 heterocycles. The van der Waals surface area contributed by atoms with Crippen LogP contribution in [0.15, 0.2) is 0 Å². The zero-order valence-electron chi connectivity index (χ0n) is 17.9. The van der Waals surface area contributed by atoms with E-state index in [-0.39, 0.29) is 37.9 Å². The first-order valence-corrected chi connectivity index (χ1v) is 10.2. The predicted molar refractivity (Wildman–Crippen MR) is 108 cm³/mol. The molecule has 0 aliphatic carbocycles. The lowest BCUT2D eigenvalue weighted by atomic mass is 10.1. The van der Waals surface area contributed by atoms with E-state index in [4.69, 9.17) is 29.9 Å². The van der Waals surface area contributed by atoms with Crippen molar-refractivity contribution in [2.75, 3.05) is 33.0 Å². The third kappa shape index (κ3) is 35.8. The second kappa shape index (κ2) is 28.0. The van der Waals surface area contributed by atoms with E-state index in [2.05, 4.69) is 0 Å². The van der Waals surface area contributed by atoms with Gasteiger partial charge in [-0.3, -0.25) is 9.59 Å². The lowest BCUT2D eigenvalue weighted by molar-refractivity contribution is -0.144. The highest BCUT2D eigenvalue weighted by atomic mass is 16.5. The highest BCUT2D eigenvalue weighted by Gasteiger charge is 2.02. The maximum absolute atomic E-state index is 11.0. The zero-order chi connectivity index (χ0) is 22.0. The first kappa shape index (κ1) is 31.5. The Labute approximate surface area is 169 Å². The minimum absolute atomic E-state index is 0.0810. The number of rotatable bonds is 14. The van der Waals surface area contributed by atoms with Gasteiger partial charge in [-0.05, 0) is 40.0 Å². The Morgan fingerprint density at radius 1 is 0.714 bits per heavy atom. The second-order valence-electron chi connectivity index (χ2n) is 6.04. The number of unbranched alkanes of at least 4 members (excludes halogenated alkanes) is 5. The number of hydrogen-bond acceptors (Lipinski definition) is 8. The number of aliphatic hydroxyl groups is 4. The van der Waals surface area contributed by atoms with Gasteiger partial charge in [0.2, 0.25) is 0 Å². The Kier molecular flexibility index (Phi) is 31.5. The molecular formula is C20H42O8. The molecule has 0 rings (SSSR count). The molecule has 170 valence electrons. The first-order chi connectivity index (χ1) is 13.4. The van der Waals surface area contributed by atoms with Gasteiger partial charge in [0.1, 0.15) is 0 Å². The summed E-state index contributed by atoms with van der Waals surface area (Å²) in [6.45, 7) is 6.05. The maximum atomic E-state index is 11.0. The maximum Gasteiger partial charge on any atom is 0.305 e. The number of carbonyl (C=O) groups excluding carboxylic acids is 2. The molecule has 0 aromatic heterocycles. The fraction of sp³-hybridized carbons (Fsp3) is 0.900. The Morgan fingerprint density at radius 3 is 1.29 bits per heavy atom. The molecule has 8 heteroatoms. The molecule has 0 aliphatic heterocycles. The summed E-state index contributed by atoms with van der Waals surface area (Å²) in [4.78, 5) is 22.1. The van der Waals surface area contributed by atoms with Crippen LogP contribution < -0.4 is 0 Å². The summed E-state index contributed by atoms with van der Waals surface area (Å²) >= 11 is 0. The van der Waals surface area contributed by atoms with Crippen molar-refractivity contribution in [1.82, 2.24) is 0 Å². The van der Waals surface area contributed by atoms with Gasteiger partial charge in [0.25, 0.3) is 0 Å². The topological polar surface area (TPSA) is 134 Å². The van der Waals surface area contributed by atoms with E-state index < -0.39 is 0 Å². The number of carbonyl (C=O) groups is 2. The van der Waals surface area contributed by atoms with Crippen LogP contribution >= 0.6 is 0 Å². The molecule has 1 atom stereocenters. The smallest absolute Gasteiger partial charge is 0.305 e. The van der Waals surface area contributed by atoms with Crippen LogP contribution in [0.25, 0.3) is 0 Å². The van der Waals surface area contributed by atoms with Gasteiger partial charge < -0.3 is 29.9 Å². The highest BCUT2D eigenvalue weighted by Crippen LogP contribution is 2.09. The molecule has 0 saturated heterocycles. The molecule has 0 radical (unpaired) electrons. The van der Waals surface area contributed by atoms with Gasteiger partial charge in [-0.1, -0.05) is 25.7 Å². The van der Waals surface area contributed by atoms with E-state index in [1.54, 1.807) is 6.92 Å². The molecule has 0 saturated carbocycles. The van der Waals surface area contributed by atoms with Gasteiger partial charge in [0.05, 0.1) is 32.5 Å². The molecule has 0 aliphatic rings. The van der Waals surface area contributed by atoms with E-state index in [1.807, 2.05) is 13.8 Å². The molecule has 28 heavy (non-hydrogen) atoms. The van der Waals surface area contributed by atoms with Crippen molar-refractivity contribution in [3.63, 3.8) is 0 Å². The van der Waals surface area contributed by atoms with Crippen LogP contribution in [-0.4, -0.2) is 71.5 Å². The monoisotopic (exact) mass is 410 g/mol. The minimum Gasteiger partial charge on any atom is -0.466 e. The summed E-state index contributed by atoms with van der Waals surface area (Å²) in [7, 11) is 0. The molecule has 0 spiro atoms. The zero-order valence-corrected chi connectivity index (χ0v) is 17.9. The van der Waals surface area contributed by atoms with Gasteiger partial charge in [-0.15, -0.1) is 0 Å². The molecule has 0 fully saturated rings. The van der Waals surface area contributed by atoms with Gasteiger partial charge in [-0.2, -0.15) is 0 Å². The van der Waals surface area contributed by atoms with Crippen LogP contribution in [0.3, 0.4) is 0 Å². The minimum atomic E-state index is -0.352. The molecular weight excluding hydrogens is 368 g/mol. The van der Waals surface area contributed by atoms with Crippen molar-refractivity contribution in [2.45, 2.75) is 84.7 Å². The quantitative estimate of drug-likeness (QED) is 0.252. The molecule has 4 N–H and O–H groups in total. The summed E-state index contributed by atoms with van der Waals surface area (Å²) in [5, 5.41) is 31.7. The van der Waals surface area contributed by atoms with Crippen molar-refractivity contribution < 1.29 is 39.5 Å². The van der Waals surface area contributed by atoms with Crippen LogP contribution in [0.2, 0.25) is 0 Å². The number of ether oxygens (including phenoxy) is 2. The summed E-state index contributed by atoms with van der Waals surface area (Å²) in [6, 6.07) is 0. The van der Waals surface area contributed by atoms with Crippen LogP contribution in [0.5, 0.6) is 0 Å². The van der Waals surface area contributed by atoms with Crippen molar-refractivity contribution in [3.8, 4) is 0 Å². The average molecular weight is 411 g/mol. The third-order valence-corrected chi connectivity index (χ3v) is 3.27. The molecule has 0 amide bonds. The molecule has 1 unspecified atom stereocenters. The lowest BCUT2D eigenvalue weighted by Crippen LogP contribution is -2.03. The van der Waals surface area contributed by atoms with Gasteiger partial charge in [0.15, 0.2) is 0 Å². The van der Waals surface area contributed by atoms with Crippen LogP contribution in [0.4, 0.5) is 0 Å². The summed E-state index contributed by atoms with van der Waals surface area (Å²) in [6.07, 6.45) is 7.32. The lowest BCUT2D eigenvalue weighted by Gasteiger charge is -2.03. The normalized spacial score (nSPS) is 10.7. The highest BCUT2D eigenvalue weighted by molar-refractivity contribution is 5.69. The van der Waals surface area contributed by atoms with E-state index in [0.29, 0.717) is 32.5 Å². The first-order valence-electron chi connectivity index (χ1n) is 10.2. The van der Waals surface area contributed by atoms with Crippen LogP contribution in [0, 0.1) is 0 Å². The van der Waals surface area contributed by atoms with E-state index in [1.165, 1.54) is 0 Å². The Hall–Kier alpha value is -1.22. The van der Waals surface area contributed by atoms with Gasteiger partial charge >= 0.3 is 11.9 Å². The average Bonchev–Trinajstić information content (AvgIpc) is 2.65. The Balaban J connectivity index is -0.000000513. The number of esters is 2. The molecule has 0 aromatic carbocycles. The van der Waals surface area contributed by atoms with Gasteiger partial charge in [0, 0.05) is 19.4 Å². The van der Waals surface area contributed by atoms with Crippen molar-refractivity contribution in [2.24, 2.45) is 0 Å². The predicted octanol–water partition coefficient (Wildman–Crippen LogP) is 1.95. The molecule has 8 nitrogen and oxygen atoms in total. The summed E-state index contributed by atoms with van der Waals surface area (Å²) in [5.74, 6) is -0.195. The molecule has 0 bridgehead atoms. The molecule has 0 aromatic rings. The summed E-state index contributed by atoms with van der Waals surface area (Å²) in [5.41, 5.74) is 0. The van der Waals surface area contributed by atoms with E-state index in [9.17, 15) is 9.59 Å². The van der Waals surface area contributed by atoms with Crippen LogP contribution in [0.1, 0.15) is 78.6 Å². The van der Waals surface area contributed by atoms with Crippen molar-refractivity contribution >= 4 is 11.9 Å². The van der Waals surface area contributed by atoms with Crippen molar-refractivity contribution in [3.05, 3.63) is 0 Å². The van der Waals surface area contributed by atoms with Crippen LogP contribution in [-0.2, 0) is 19.1 Å². The van der Waals surface area contributed by atoms with Crippen molar-refractivity contribution in [1.29, 1.82) is 0 Å².